The quantitative estimate of drug-likeness (QED) is 0.853. The van der Waals surface area contributed by atoms with Gasteiger partial charge in [-0.05, 0) is 35.9 Å². The molecule has 2 rings (SSSR count). The predicted molar refractivity (Wildman–Crippen MR) is 72.9 cm³/mol. The van der Waals surface area contributed by atoms with Gasteiger partial charge in [-0.1, -0.05) is 39.7 Å². The van der Waals surface area contributed by atoms with Crippen LogP contribution < -0.4 is 5.32 Å². The summed E-state index contributed by atoms with van der Waals surface area (Å²) in [6, 6.07) is 12.0. The van der Waals surface area contributed by atoms with Crippen molar-refractivity contribution in [1.82, 2.24) is 0 Å². The SMILES string of the molecule is Fc1cccc(CNc2cc(Br)ccc2Cl)c1. The third-order valence-corrected chi connectivity index (χ3v) is 3.12. The topological polar surface area (TPSA) is 12.0 Å². The minimum Gasteiger partial charge on any atom is -0.380 e. The number of anilines is 1. The Morgan fingerprint density at radius 1 is 1.18 bits per heavy atom. The lowest BCUT2D eigenvalue weighted by Gasteiger charge is -2.09. The molecule has 0 radical (unpaired) electrons. The van der Waals surface area contributed by atoms with Crippen molar-refractivity contribution in [2.24, 2.45) is 0 Å². The van der Waals surface area contributed by atoms with Crippen molar-refractivity contribution < 1.29 is 4.39 Å². The zero-order chi connectivity index (χ0) is 12.3. The lowest BCUT2D eigenvalue weighted by atomic mass is 10.2. The van der Waals surface area contributed by atoms with Gasteiger partial charge in [0.25, 0.3) is 0 Å². The molecule has 0 bridgehead atoms. The fourth-order valence-corrected chi connectivity index (χ4v) is 2.02. The number of nitrogens with one attached hydrogen (secondary N) is 1. The fraction of sp³-hybridized carbons (Fsp3) is 0.0769. The van der Waals surface area contributed by atoms with Crippen molar-refractivity contribution in [2.75, 3.05) is 5.32 Å². The van der Waals surface area contributed by atoms with Gasteiger partial charge in [0.1, 0.15) is 5.82 Å². The van der Waals surface area contributed by atoms with E-state index < -0.39 is 0 Å². The van der Waals surface area contributed by atoms with Crippen LogP contribution in [0.4, 0.5) is 10.1 Å². The molecule has 0 amide bonds. The first-order chi connectivity index (χ1) is 8.15. The molecule has 0 aliphatic rings. The van der Waals surface area contributed by atoms with E-state index in [1.807, 2.05) is 18.2 Å². The van der Waals surface area contributed by atoms with Crippen LogP contribution in [0.2, 0.25) is 5.02 Å². The fourth-order valence-electron chi connectivity index (χ4n) is 1.48. The van der Waals surface area contributed by atoms with E-state index in [1.165, 1.54) is 12.1 Å². The Kier molecular flexibility index (Phi) is 4.02. The molecule has 4 heteroatoms. The monoisotopic (exact) mass is 313 g/mol. The summed E-state index contributed by atoms with van der Waals surface area (Å²) in [5, 5.41) is 3.81. The lowest BCUT2D eigenvalue weighted by Crippen LogP contribution is -2.00. The van der Waals surface area contributed by atoms with Gasteiger partial charge in [-0.2, -0.15) is 0 Å². The van der Waals surface area contributed by atoms with Crippen LogP contribution in [0.1, 0.15) is 5.56 Å². The molecule has 0 aromatic heterocycles. The first-order valence-corrected chi connectivity index (χ1v) is 6.25. The molecule has 0 unspecified atom stereocenters. The Hall–Kier alpha value is -1.06. The predicted octanol–water partition coefficient (Wildman–Crippen LogP) is 4.85. The first kappa shape index (κ1) is 12.4. The number of rotatable bonds is 3. The van der Waals surface area contributed by atoms with Crippen LogP contribution >= 0.6 is 27.5 Å². The summed E-state index contributed by atoms with van der Waals surface area (Å²) >= 11 is 9.41. The van der Waals surface area contributed by atoms with E-state index >= 15 is 0 Å². The Morgan fingerprint density at radius 2 is 2.00 bits per heavy atom. The van der Waals surface area contributed by atoms with E-state index in [0.717, 1.165) is 15.7 Å². The van der Waals surface area contributed by atoms with E-state index in [4.69, 9.17) is 11.6 Å². The number of hydrogen-bond donors (Lipinski definition) is 1. The lowest BCUT2D eigenvalue weighted by molar-refractivity contribution is 0.626. The van der Waals surface area contributed by atoms with E-state index in [9.17, 15) is 4.39 Å². The molecule has 0 fully saturated rings. The average Bonchev–Trinajstić information content (AvgIpc) is 2.30. The maximum Gasteiger partial charge on any atom is 0.123 e. The second-order valence-electron chi connectivity index (χ2n) is 3.61. The molecule has 88 valence electrons. The highest BCUT2D eigenvalue weighted by atomic mass is 79.9. The molecule has 1 N–H and O–H groups in total. The van der Waals surface area contributed by atoms with Crippen molar-refractivity contribution in [3.05, 3.63) is 63.3 Å². The molecule has 17 heavy (non-hydrogen) atoms. The molecule has 2 aromatic rings. The highest BCUT2D eigenvalue weighted by Gasteiger charge is 2.01. The van der Waals surface area contributed by atoms with E-state index in [2.05, 4.69) is 21.2 Å². The largest absolute Gasteiger partial charge is 0.380 e. The zero-order valence-corrected chi connectivity index (χ0v) is 11.2. The second-order valence-corrected chi connectivity index (χ2v) is 4.93. The summed E-state index contributed by atoms with van der Waals surface area (Å²) in [5.74, 6) is -0.232. The highest BCUT2D eigenvalue weighted by molar-refractivity contribution is 9.10. The molecule has 0 spiro atoms. The summed E-state index contributed by atoms with van der Waals surface area (Å²) in [7, 11) is 0. The molecule has 0 aliphatic carbocycles. The van der Waals surface area contributed by atoms with E-state index in [0.29, 0.717) is 11.6 Å². The molecule has 0 heterocycles. The van der Waals surface area contributed by atoms with Crippen molar-refractivity contribution in [3.8, 4) is 0 Å². The second kappa shape index (κ2) is 5.52. The maximum absolute atomic E-state index is 13.0. The molecule has 1 nitrogen and oxygen atoms in total. The van der Waals surface area contributed by atoms with Gasteiger partial charge in [0.15, 0.2) is 0 Å². The summed E-state index contributed by atoms with van der Waals surface area (Å²) in [4.78, 5) is 0. The highest BCUT2D eigenvalue weighted by Crippen LogP contribution is 2.26. The molecule has 0 aliphatic heterocycles. The standard InChI is InChI=1S/C13H10BrClFN/c14-10-4-5-12(15)13(7-10)17-8-9-2-1-3-11(16)6-9/h1-7,17H,8H2. The van der Waals surface area contributed by atoms with Gasteiger partial charge in [-0.15, -0.1) is 0 Å². The summed E-state index contributed by atoms with van der Waals surface area (Å²) in [6.45, 7) is 0.536. The van der Waals surface area contributed by atoms with Crippen LogP contribution in [0.15, 0.2) is 46.9 Å². The summed E-state index contributed by atoms with van der Waals surface area (Å²) in [6.07, 6.45) is 0. The van der Waals surface area contributed by atoms with Gasteiger partial charge in [0.05, 0.1) is 10.7 Å². The first-order valence-electron chi connectivity index (χ1n) is 5.08. The normalized spacial score (nSPS) is 10.3. The Labute approximate surface area is 113 Å². The minimum absolute atomic E-state index is 0.232. The Bertz CT molecular complexity index is 531. The molecular weight excluding hydrogens is 305 g/mol. The number of benzene rings is 2. The molecule has 2 aromatic carbocycles. The van der Waals surface area contributed by atoms with Crippen molar-refractivity contribution in [2.45, 2.75) is 6.54 Å². The summed E-state index contributed by atoms with van der Waals surface area (Å²) < 4.78 is 13.9. The molecule has 0 saturated heterocycles. The van der Waals surface area contributed by atoms with Crippen molar-refractivity contribution in [3.63, 3.8) is 0 Å². The third-order valence-electron chi connectivity index (χ3n) is 2.30. The van der Waals surface area contributed by atoms with Gasteiger partial charge >= 0.3 is 0 Å². The van der Waals surface area contributed by atoms with Gasteiger partial charge in [0.2, 0.25) is 0 Å². The van der Waals surface area contributed by atoms with E-state index in [1.54, 1.807) is 12.1 Å². The van der Waals surface area contributed by atoms with Crippen LogP contribution in [0.5, 0.6) is 0 Å². The van der Waals surface area contributed by atoms with Gasteiger partial charge < -0.3 is 5.32 Å². The Morgan fingerprint density at radius 3 is 2.76 bits per heavy atom. The smallest absolute Gasteiger partial charge is 0.123 e. The summed E-state index contributed by atoms with van der Waals surface area (Å²) in [5.41, 5.74) is 1.70. The van der Waals surface area contributed by atoms with Crippen molar-refractivity contribution in [1.29, 1.82) is 0 Å². The zero-order valence-electron chi connectivity index (χ0n) is 8.88. The van der Waals surface area contributed by atoms with E-state index in [-0.39, 0.29) is 5.82 Å². The van der Waals surface area contributed by atoms with Crippen LogP contribution in [0, 0.1) is 5.82 Å². The maximum atomic E-state index is 13.0. The van der Waals surface area contributed by atoms with Crippen LogP contribution in [-0.4, -0.2) is 0 Å². The third kappa shape index (κ3) is 3.45. The number of hydrogen-bond acceptors (Lipinski definition) is 1. The van der Waals surface area contributed by atoms with Crippen LogP contribution in [0.25, 0.3) is 0 Å². The minimum atomic E-state index is -0.232. The number of halogens is 3. The van der Waals surface area contributed by atoms with Gasteiger partial charge in [0, 0.05) is 11.0 Å². The van der Waals surface area contributed by atoms with Crippen LogP contribution in [-0.2, 0) is 6.54 Å². The Balaban J connectivity index is 2.09. The van der Waals surface area contributed by atoms with Crippen molar-refractivity contribution >= 4 is 33.2 Å². The van der Waals surface area contributed by atoms with Crippen LogP contribution in [0.3, 0.4) is 0 Å². The molecular formula is C13H10BrClFN. The molecule has 0 atom stereocenters. The molecule has 0 saturated carbocycles. The average molecular weight is 315 g/mol. The van der Waals surface area contributed by atoms with Gasteiger partial charge in [-0.25, -0.2) is 4.39 Å². The van der Waals surface area contributed by atoms with Gasteiger partial charge in [-0.3, -0.25) is 0 Å².